The van der Waals surface area contributed by atoms with Crippen LogP contribution in [0.4, 0.5) is 6.01 Å². The first-order chi connectivity index (χ1) is 13.0. The molecule has 0 aliphatic rings. The van der Waals surface area contributed by atoms with E-state index in [1.165, 1.54) is 4.90 Å². The summed E-state index contributed by atoms with van der Waals surface area (Å²) in [7, 11) is 0. The number of aryl methyl sites for hydroxylation is 2. The maximum atomic E-state index is 12.3. The highest BCUT2D eigenvalue weighted by atomic mass is 32.2. The third-order valence-corrected chi connectivity index (χ3v) is 5.05. The molecule has 0 aliphatic carbocycles. The maximum absolute atomic E-state index is 12.3. The number of nitrogens with one attached hydrogen (secondary N) is 1. The van der Waals surface area contributed by atoms with Gasteiger partial charge in [0.1, 0.15) is 0 Å². The molecule has 27 heavy (non-hydrogen) atoms. The molecule has 1 amide bonds. The van der Waals surface area contributed by atoms with Crippen LogP contribution in [0.2, 0.25) is 0 Å². The van der Waals surface area contributed by atoms with Gasteiger partial charge in [-0.05, 0) is 48.4 Å². The minimum atomic E-state index is -0.167. The third kappa shape index (κ3) is 5.44. The monoisotopic (exact) mass is 381 g/mol. The average Bonchev–Trinajstić information content (AvgIpc) is 3.07. The molecule has 0 saturated carbocycles. The smallest absolute Gasteiger partial charge is 0.322 e. The fourth-order valence-corrected chi connectivity index (χ4v) is 3.41. The van der Waals surface area contributed by atoms with E-state index in [0.717, 1.165) is 28.0 Å². The summed E-state index contributed by atoms with van der Waals surface area (Å²) < 4.78 is 5.57. The number of rotatable bonds is 7. The van der Waals surface area contributed by atoms with Gasteiger partial charge in [0.05, 0.1) is 12.8 Å². The van der Waals surface area contributed by atoms with Crippen LogP contribution in [0.25, 0.3) is 0 Å². The molecule has 0 radical (unpaired) electrons. The van der Waals surface area contributed by atoms with Gasteiger partial charge in [0.15, 0.2) is 0 Å². The van der Waals surface area contributed by atoms with Crippen LogP contribution in [0.3, 0.4) is 0 Å². The Morgan fingerprint density at radius 3 is 2.63 bits per heavy atom. The van der Waals surface area contributed by atoms with Crippen LogP contribution in [-0.2, 0) is 17.6 Å². The summed E-state index contributed by atoms with van der Waals surface area (Å²) in [5.74, 6) is 1.36. The SMILES string of the molecule is CCSc1ccc(Cc2nnc(NC(=O)Cc3cc(C)ccc3C)o2)cc1. The van der Waals surface area contributed by atoms with Gasteiger partial charge >= 0.3 is 6.01 Å². The van der Waals surface area contributed by atoms with Gasteiger partial charge in [-0.25, -0.2) is 0 Å². The number of nitrogens with zero attached hydrogens (tertiary/aromatic N) is 2. The van der Waals surface area contributed by atoms with Crippen LogP contribution in [0, 0.1) is 13.8 Å². The Hall–Kier alpha value is -2.60. The molecule has 0 spiro atoms. The minimum Gasteiger partial charge on any atom is -0.407 e. The van der Waals surface area contributed by atoms with E-state index >= 15 is 0 Å². The second-order valence-electron chi connectivity index (χ2n) is 6.41. The zero-order chi connectivity index (χ0) is 19.2. The third-order valence-electron chi connectivity index (χ3n) is 4.16. The zero-order valence-electron chi connectivity index (χ0n) is 15.8. The summed E-state index contributed by atoms with van der Waals surface area (Å²) in [6, 6.07) is 14.5. The molecule has 0 bridgehead atoms. The molecule has 1 aromatic heterocycles. The summed E-state index contributed by atoms with van der Waals surface area (Å²) in [6.07, 6.45) is 0.818. The average molecular weight is 382 g/mol. The molecule has 3 rings (SSSR count). The first kappa shape index (κ1) is 19.2. The number of carbonyl (C=O) groups excluding carboxylic acids is 1. The number of amides is 1. The number of aromatic nitrogens is 2. The highest BCUT2D eigenvalue weighted by molar-refractivity contribution is 7.99. The fourth-order valence-electron chi connectivity index (χ4n) is 2.75. The van der Waals surface area contributed by atoms with E-state index in [1.807, 2.05) is 32.0 Å². The van der Waals surface area contributed by atoms with Crippen LogP contribution < -0.4 is 5.32 Å². The van der Waals surface area contributed by atoms with Gasteiger partial charge < -0.3 is 4.42 Å². The fraction of sp³-hybridized carbons (Fsp3) is 0.286. The van der Waals surface area contributed by atoms with E-state index in [-0.39, 0.29) is 18.3 Å². The Bertz CT molecular complexity index is 919. The molecule has 0 aliphatic heterocycles. The molecule has 1 N–H and O–H groups in total. The van der Waals surface area contributed by atoms with E-state index in [0.29, 0.717) is 12.3 Å². The van der Waals surface area contributed by atoms with E-state index in [9.17, 15) is 4.79 Å². The van der Waals surface area contributed by atoms with Crippen molar-refractivity contribution in [3.05, 3.63) is 70.6 Å². The Labute approximate surface area is 163 Å². The predicted molar refractivity (Wildman–Crippen MR) is 108 cm³/mol. The van der Waals surface area contributed by atoms with Crippen LogP contribution in [0.5, 0.6) is 0 Å². The molecule has 0 fully saturated rings. The minimum absolute atomic E-state index is 0.137. The van der Waals surface area contributed by atoms with Gasteiger partial charge in [0, 0.05) is 4.90 Å². The maximum Gasteiger partial charge on any atom is 0.322 e. The van der Waals surface area contributed by atoms with Crippen LogP contribution in [0.1, 0.15) is 35.1 Å². The van der Waals surface area contributed by atoms with Crippen molar-refractivity contribution in [3.63, 3.8) is 0 Å². The first-order valence-corrected chi connectivity index (χ1v) is 9.92. The largest absolute Gasteiger partial charge is 0.407 e. The van der Waals surface area contributed by atoms with E-state index < -0.39 is 0 Å². The molecule has 2 aromatic carbocycles. The number of hydrogen-bond donors (Lipinski definition) is 1. The van der Waals surface area contributed by atoms with Crippen molar-refractivity contribution in [2.45, 2.75) is 38.5 Å². The number of carbonyl (C=O) groups is 1. The van der Waals surface area contributed by atoms with E-state index in [2.05, 4.69) is 46.7 Å². The van der Waals surface area contributed by atoms with E-state index in [1.54, 1.807) is 11.8 Å². The second kappa shape index (κ2) is 8.86. The number of hydrogen-bond acceptors (Lipinski definition) is 5. The normalized spacial score (nSPS) is 10.8. The molecule has 140 valence electrons. The van der Waals surface area contributed by atoms with Crippen molar-refractivity contribution in [1.29, 1.82) is 0 Å². The Balaban J connectivity index is 1.58. The molecule has 3 aromatic rings. The molecule has 0 saturated heterocycles. The molecular weight excluding hydrogens is 358 g/mol. The summed E-state index contributed by atoms with van der Waals surface area (Å²) in [5, 5.41) is 10.6. The van der Waals surface area contributed by atoms with E-state index in [4.69, 9.17) is 4.42 Å². The lowest BCUT2D eigenvalue weighted by Crippen LogP contribution is -2.15. The van der Waals surface area contributed by atoms with Crippen molar-refractivity contribution >= 4 is 23.7 Å². The van der Waals surface area contributed by atoms with Gasteiger partial charge in [-0.1, -0.05) is 47.9 Å². The highest BCUT2D eigenvalue weighted by Gasteiger charge is 2.12. The first-order valence-electron chi connectivity index (χ1n) is 8.93. The quantitative estimate of drug-likeness (QED) is 0.607. The van der Waals surface area contributed by atoms with Crippen LogP contribution in [-0.4, -0.2) is 21.9 Å². The summed E-state index contributed by atoms with van der Waals surface area (Å²) in [6.45, 7) is 6.14. The predicted octanol–water partition coefficient (Wildman–Crippen LogP) is 4.57. The summed E-state index contributed by atoms with van der Waals surface area (Å²) >= 11 is 1.80. The lowest BCUT2D eigenvalue weighted by atomic mass is 10.0. The van der Waals surface area contributed by atoms with Gasteiger partial charge in [-0.15, -0.1) is 16.9 Å². The van der Waals surface area contributed by atoms with Gasteiger partial charge in [-0.3, -0.25) is 10.1 Å². The standard InChI is InChI=1S/C21H23N3O2S/c1-4-27-18-9-7-16(8-10-18)12-20-23-24-21(26-20)22-19(25)13-17-11-14(2)5-6-15(17)3/h5-11H,4,12-13H2,1-3H3,(H,22,24,25). The zero-order valence-corrected chi connectivity index (χ0v) is 16.6. The lowest BCUT2D eigenvalue weighted by molar-refractivity contribution is -0.115. The molecular formula is C21H23N3O2S. The lowest BCUT2D eigenvalue weighted by Gasteiger charge is -2.06. The van der Waals surface area contributed by atoms with Crippen molar-refractivity contribution in [1.82, 2.24) is 10.2 Å². The van der Waals surface area contributed by atoms with Crippen molar-refractivity contribution < 1.29 is 9.21 Å². The number of thioether (sulfide) groups is 1. The van der Waals surface area contributed by atoms with Gasteiger partial charge in [-0.2, -0.15) is 0 Å². The number of anilines is 1. The molecule has 1 heterocycles. The second-order valence-corrected chi connectivity index (χ2v) is 7.75. The summed E-state index contributed by atoms with van der Waals surface area (Å²) in [4.78, 5) is 13.5. The number of benzene rings is 2. The van der Waals surface area contributed by atoms with Crippen molar-refractivity contribution in [3.8, 4) is 0 Å². The van der Waals surface area contributed by atoms with Gasteiger partial charge in [0.25, 0.3) is 0 Å². The molecule has 6 heteroatoms. The van der Waals surface area contributed by atoms with Crippen molar-refractivity contribution in [2.24, 2.45) is 0 Å². The van der Waals surface area contributed by atoms with Gasteiger partial charge in [0.2, 0.25) is 11.8 Å². The van der Waals surface area contributed by atoms with Crippen LogP contribution in [0.15, 0.2) is 51.8 Å². The molecule has 0 unspecified atom stereocenters. The van der Waals surface area contributed by atoms with Crippen LogP contribution >= 0.6 is 11.8 Å². The summed E-state index contributed by atoms with van der Waals surface area (Å²) in [5.41, 5.74) is 4.31. The molecule has 5 nitrogen and oxygen atoms in total. The highest BCUT2D eigenvalue weighted by Crippen LogP contribution is 2.19. The Morgan fingerprint density at radius 2 is 1.89 bits per heavy atom. The van der Waals surface area contributed by atoms with Crippen molar-refractivity contribution in [2.75, 3.05) is 11.1 Å². The Morgan fingerprint density at radius 1 is 1.11 bits per heavy atom. The molecule has 0 atom stereocenters. The Kier molecular flexibility index (Phi) is 6.29. The topological polar surface area (TPSA) is 68.0 Å².